The molecule has 2 fully saturated rings. The summed E-state index contributed by atoms with van der Waals surface area (Å²) in [7, 11) is 0. The molecule has 1 N–H and O–H groups in total. The molecule has 4 nitrogen and oxygen atoms in total. The van der Waals surface area contributed by atoms with Crippen LogP contribution in [0.15, 0.2) is 6.07 Å². The van der Waals surface area contributed by atoms with E-state index in [9.17, 15) is 0 Å². The van der Waals surface area contributed by atoms with Gasteiger partial charge in [0.1, 0.15) is 11.6 Å². The first-order valence-electron chi connectivity index (χ1n) is 8.13. The number of hydrogen-bond acceptors (Lipinski definition) is 4. The van der Waals surface area contributed by atoms with Crippen molar-refractivity contribution in [2.45, 2.75) is 70.3 Å². The number of unbranched alkanes of at least 4 members (excludes halogenated alkanes) is 1. The SMILES string of the molecule is CCCCOc1cc(NC2CCCC2)nc(C2CC2)n1. The molecule has 0 spiro atoms. The Morgan fingerprint density at radius 1 is 1.20 bits per heavy atom. The fraction of sp³-hybridized carbons (Fsp3) is 0.750. The second kappa shape index (κ2) is 6.42. The van der Waals surface area contributed by atoms with Gasteiger partial charge in [0, 0.05) is 18.0 Å². The maximum atomic E-state index is 5.78. The maximum absolute atomic E-state index is 5.78. The molecule has 2 aliphatic rings. The summed E-state index contributed by atoms with van der Waals surface area (Å²) in [5.41, 5.74) is 0. The molecule has 0 aromatic carbocycles. The number of aromatic nitrogens is 2. The molecule has 0 amide bonds. The molecule has 0 unspecified atom stereocenters. The van der Waals surface area contributed by atoms with Crippen LogP contribution in [0.25, 0.3) is 0 Å². The molecule has 0 aliphatic heterocycles. The second-order valence-electron chi connectivity index (χ2n) is 6.05. The smallest absolute Gasteiger partial charge is 0.218 e. The molecular formula is C16H25N3O. The van der Waals surface area contributed by atoms with E-state index in [-0.39, 0.29) is 0 Å². The van der Waals surface area contributed by atoms with Gasteiger partial charge in [0.15, 0.2) is 0 Å². The Bertz CT molecular complexity index is 439. The first-order chi connectivity index (χ1) is 9.85. The normalized spacial score (nSPS) is 19.2. The van der Waals surface area contributed by atoms with Crippen LogP contribution in [0.1, 0.15) is 70.0 Å². The monoisotopic (exact) mass is 275 g/mol. The number of ether oxygens (including phenoxy) is 1. The molecule has 3 rings (SSSR count). The van der Waals surface area contributed by atoms with E-state index in [1.54, 1.807) is 0 Å². The van der Waals surface area contributed by atoms with Crippen molar-refractivity contribution >= 4 is 5.82 Å². The summed E-state index contributed by atoms with van der Waals surface area (Å²) >= 11 is 0. The molecule has 1 heterocycles. The van der Waals surface area contributed by atoms with Crippen LogP contribution in [-0.4, -0.2) is 22.6 Å². The van der Waals surface area contributed by atoms with E-state index in [1.807, 2.05) is 6.07 Å². The van der Waals surface area contributed by atoms with Gasteiger partial charge in [0.05, 0.1) is 6.61 Å². The highest BCUT2D eigenvalue weighted by Gasteiger charge is 2.28. The van der Waals surface area contributed by atoms with Crippen molar-refractivity contribution < 1.29 is 4.74 Å². The summed E-state index contributed by atoms with van der Waals surface area (Å²) < 4.78 is 5.78. The minimum absolute atomic E-state index is 0.564. The van der Waals surface area contributed by atoms with Crippen molar-refractivity contribution in [3.05, 3.63) is 11.9 Å². The van der Waals surface area contributed by atoms with E-state index in [4.69, 9.17) is 4.74 Å². The predicted octanol–water partition coefficient (Wildman–Crippen LogP) is 3.89. The molecule has 0 atom stereocenters. The van der Waals surface area contributed by atoms with E-state index in [2.05, 4.69) is 22.2 Å². The Morgan fingerprint density at radius 2 is 2.00 bits per heavy atom. The van der Waals surface area contributed by atoms with Crippen LogP contribution >= 0.6 is 0 Å². The number of nitrogens with zero attached hydrogens (tertiary/aromatic N) is 2. The van der Waals surface area contributed by atoms with Crippen LogP contribution in [-0.2, 0) is 0 Å². The minimum atomic E-state index is 0.564. The van der Waals surface area contributed by atoms with Crippen molar-refractivity contribution in [3.63, 3.8) is 0 Å². The van der Waals surface area contributed by atoms with E-state index in [0.717, 1.165) is 37.0 Å². The zero-order valence-corrected chi connectivity index (χ0v) is 12.4. The van der Waals surface area contributed by atoms with Gasteiger partial charge in [-0.2, -0.15) is 4.98 Å². The largest absolute Gasteiger partial charge is 0.478 e. The lowest BCUT2D eigenvalue weighted by atomic mass is 10.2. The summed E-state index contributed by atoms with van der Waals surface area (Å²) in [6.07, 6.45) is 9.85. The first-order valence-corrected chi connectivity index (χ1v) is 8.13. The molecule has 0 radical (unpaired) electrons. The Morgan fingerprint density at radius 3 is 2.70 bits per heavy atom. The van der Waals surface area contributed by atoms with E-state index < -0.39 is 0 Å². The lowest BCUT2D eigenvalue weighted by molar-refractivity contribution is 0.296. The third-order valence-electron chi connectivity index (χ3n) is 4.12. The average molecular weight is 275 g/mol. The molecule has 1 aromatic rings. The highest BCUT2D eigenvalue weighted by molar-refractivity contribution is 5.40. The Hall–Kier alpha value is -1.32. The van der Waals surface area contributed by atoms with Crippen LogP contribution in [0, 0.1) is 0 Å². The van der Waals surface area contributed by atoms with Crippen molar-refractivity contribution in [1.82, 2.24) is 9.97 Å². The van der Waals surface area contributed by atoms with Crippen molar-refractivity contribution in [2.24, 2.45) is 0 Å². The molecule has 20 heavy (non-hydrogen) atoms. The van der Waals surface area contributed by atoms with E-state index in [0.29, 0.717) is 12.0 Å². The van der Waals surface area contributed by atoms with Crippen LogP contribution in [0.4, 0.5) is 5.82 Å². The predicted molar refractivity (Wildman–Crippen MR) is 80.3 cm³/mol. The minimum Gasteiger partial charge on any atom is -0.478 e. The fourth-order valence-corrected chi connectivity index (χ4v) is 2.72. The number of anilines is 1. The molecule has 110 valence electrons. The van der Waals surface area contributed by atoms with Gasteiger partial charge in [-0.1, -0.05) is 26.2 Å². The average Bonchev–Trinajstić information content (AvgIpc) is 3.18. The number of nitrogens with one attached hydrogen (secondary N) is 1. The standard InChI is InChI=1S/C16H25N3O/c1-2-3-10-20-15-11-14(17-13-6-4-5-7-13)18-16(19-15)12-8-9-12/h11-13H,2-10H2,1H3,(H,17,18,19). The van der Waals surface area contributed by atoms with Gasteiger partial charge in [-0.05, 0) is 32.1 Å². The number of hydrogen-bond donors (Lipinski definition) is 1. The highest BCUT2D eigenvalue weighted by Crippen LogP contribution is 2.39. The van der Waals surface area contributed by atoms with Crippen LogP contribution < -0.4 is 10.1 Å². The maximum Gasteiger partial charge on any atom is 0.218 e. The van der Waals surface area contributed by atoms with Crippen molar-refractivity contribution in [1.29, 1.82) is 0 Å². The van der Waals surface area contributed by atoms with Crippen molar-refractivity contribution in [3.8, 4) is 5.88 Å². The quantitative estimate of drug-likeness (QED) is 0.767. The van der Waals surface area contributed by atoms with Crippen LogP contribution in [0.2, 0.25) is 0 Å². The second-order valence-corrected chi connectivity index (χ2v) is 6.05. The molecule has 2 saturated carbocycles. The zero-order chi connectivity index (χ0) is 13.8. The van der Waals surface area contributed by atoms with Crippen LogP contribution in [0.3, 0.4) is 0 Å². The molecule has 1 aromatic heterocycles. The van der Waals surface area contributed by atoms with Gasteiger partial charge >= 0.3 is 0 Å². The Kier molecular flexibility index (Phi) is 4.38. The van der Waals surface area contributed by atoms with E-state index in [1.165, 1.54) is 38.5 Å². The molecule has 2 aliphatic carbocycles. The summed E-state index contributed by atoms with van der Waals surface area (Å²) in [6, 6.07) is 2.56. The van der Waals surface area contributed by atoms with Gasteiger partial charge in [-0.15, -0.1) is 0 Å². The topological polar surface area (TPSA) is 47.0 Å². The molecular weight excluding hydrogens is 250 g/mol. The lowest BCUT2D eigenvalue weighted by Gasteiger charge is -2.14. The third-order valence-corrected chi connectivity index (χ3v) is 4.12. The van der Waals surface area contributed by atoms with E-state index >= 15 is 0 Å². The third kappa shape index (κ3) is 3.62. The molecule has 4 heteroatoms. The first kappa shape index (κ1) is 13.7. The van der Waals surface area contributed by atoms with Gasteiger partial charge in [-0.25, -0.2) is 4.98 Å². The van der Waals surface area contributed by atoms with Gasteiger partial charge in [0.2, 0.25) is 5.88 Å². The Balaban J connectivity index is 1.69. The lowest BCUT2D eigenvalue weighted by Crippen LogP contribution is -2.16. The fourth-order valence-electron chi connectivity index (χ4n) is 2.72. The summed E-state index contributed by atoms with van der Waals surface area (Å²) in [5, 5.41) is 3.56. The van der Waals surface area contributed by atoms with Gasteiger partial charge in [0.25, 0.3) is 0 Å². The summed E-state index contributed by atoms with van der Waals surface area (Å²) in [5.74, 6) is 3.24. The van der Waals surface area contributed by atoms with Crippen LogP contribution in [0.5, 0.6) is 5.88 Å². The summed E-state index contributed by atoms with van der Waals surface area (Å²) in [6.45, 7) is 2.92. The zero-order valence-electron chi connectivity index (χ0n) is 12.4. The molecule has 0 saturated heterocycles. The summed E-state index contributed by atoms with van der Waals surface area (Å²) in [4.78, 5) is 9.25. The number of rotatable bonds is 7. The van der Waals surface area contributed by atoms with Crippen molar-refractivity contribution in [2.75, 3.05) is 11.9 Å². The van der Waals surface area contributed by atoms with Gasteiger partial charge < -0.3 is 10.1 Å². The highest BCUT2D eigenvalue weighted by atomic mass is 16.5. The Labute approximate surface area is 121 Å². The van der Waals surface area contributed by atoms with Gasteiger partial charge in [-0.3, -0.25) is 0 Å². The molecule has 0 bridgehead atoms.